The van der Waals surface area contributed by atoms with Crippen molar-refractivity contribution in [2.24, 2.45) is 11.8 Å². The van der Waals surface area contributed by atoms with Gasteiger partial charge in [-0.3, -0.25) is 0 Å². The van der Waals surface area contributed by atoms with Gasteiger partial charge in [-0.1, -0.05) is 13.8 Å². The number of nitrogens with one attached hydrogen (secondary N) is 2. The van der Waals surface area contributed by atoms with E-state index in [2.05, 4.69) is 24.5 Å². The molecule has 5 nitrogen and oxygen atoms in total. The molecule has 2 aliphatic rings. The minimum atomic E-state index is -0.0992. The third-order valence-corrected chi connectivity index (χ3v) is 4.32. The Labute approximate surface area is 121 Å². The summed E-state index contributed by atoms with van der Waals surface area (Å²) in [5, 5.41) is 15.0. The molecule has 4 atom stereocenters. The first-order chi connectivity index (χ1) is 9.58. The maximum atomic E-state index is 11.9. The quantitative estimate of drug-likeness (QED) is 0.666. The summed E-state index contributed by atoms with van der Waals surface area (Å²) in [5.41, 5.74) is 0. The zero-order valence-corrected chi connectivity index (χ0v) is 12.6. The summed E-state index contributed by atoms with van der Waals surface area (Å²) >= 11 is 0. The second-order valence-corrected chi connectivity index (χ2v) is 6.58. The van der Waals surface area contributed by atoms with E-state index in [9.17, 15) is 4.79 Å². The fourth-order valence-electron chi connectivity index (χ4n) is 3.40. The standard InChI is InChI=1S/C15H28N2O3/c1-10(2)7-11(5-6-18)9-16-15(19)17-13-8-12-3-4-14(13)20-12/h10-14,18H,3-9H2,1-2H3,(H2,16,17,19). The van der Waals surface area contributed by atoms with Crippen LogP contribution in [0, 0.1) is 11.8 Å². The van der Waals surface area contributed by atoms with Gasteiger partial charge in [-0.05, 0) is 43.9 Å². The fraction of sp³-hybridized carbons (Fsp3) is 0.933. The summed E-state index contributed by atoms with van der Waals surface area (Å²) in [4.78, 5) is 11.9. The molecule has 3 N–H and O–H groups in total. The first-order valence-corrected chi connectivity index (χ1v) is 7.89. The van der Waals surface area contributed by atoms with Gasteiger partial charge in [0.1, 0.15) is 0 Å². The molecule has 0 saturated carbocycles. The van der Waals surface area contributed by atoms with Gasteiger partial charge in [-0.25, -0.2) is 4.79 Å². The van der Waals surface area contributed by atoms with Crippen LogP contribution >= 0.6 is 0 Å². The predicted octanol–water partition coefficient (Wildman–Crippen LogP) is 1.65. The van der Waals surface area contributed by atoms with E-state index in [-0.39, 0.29) is 24.8 Å². The molecular weight excluding hydrogens is 256 g/mol. The third-order valence-electron chi connectivity index (χ3n) is 4.32. The average molecular weight is 284 g/mol. The lowest BCUT2D eigenvalue weighted by molar-refractivity contribution is 0.0980. The van der Waals surface area contributed by atoms with Crippen LogP contribution in [0.3, 0.4) is 0 Å². The second kappa shape index (κ2) is 7.27. The highest BCUT2D eigenvalue weighted by Crippen LogP contribution is 2.34. The Balaban J connectivity index is 1.68. The Hall–Kier alpha value is -0.810. The van der Waals surface area contributed by atoms with E-state index in [1.165, 1.54) is 0 Å². The molecule has 4 unspecified atom stereocenters. The van der Waals surface area contributed by atoms with Crippen molar-refractivity contribution in [3.63, 3.8) is 0 Å². The summed E-state index contributed by atoms with van der Waals surface area (Å²) in [6, 6.07) is 0.0768. The van der Waals surface area contributed by atoms with Crippen LogP contribution in [0.4, 0.5) is 4.79 Å². The minimum Gasteiger partial charge on any atom is -0.396 e. The normalized spacial score (nSPS) is 29.7. The summed E-state index contributed by atoms with van der Waals surface area (Å²) < 4.78 is 5.73. The molecule has 2 saturated heterocycles. The van der Waals surface area contributed by atoms with Gasteiger partial charge in [-0.2, -0.15) is 0 Å². The summed E-state index contributed by atoms with van der Waals surface area (Å²) in [6.07, 6.45) is 5.49. The number of hydrogen-bond acceptors (Lipinski definition) is 3. The Morgan fingerprint density at radius 3 is 2.75 bits per heavy atom. The van der Waals surface area contributed by atoms with Crippen LogP contribution in [-0.2, 0) is 4.74 Å². The van der Waals surface area contributed by atoms with E-state index < -0.39 is 0 Å². The lowest BCUT2D eigenvalue weighted by Crippen LogP contribution is -2.47. The van der Waals surface area contributed by atoms with Crippen molar-refractivity contribution in [3.8, 4) is 0 Å². The van der Waals surface area contributed by atoms with E-state index in [0.29, 0.717) is 24.5 Å². The molecule has 2 aliphatic heterocycles. The van der Waals surface area contributed by atoms with E-state index in [1.54, 1.807) is 0 Å². The van der Waals surface area contributed by atoms with Crippen LogP contribution in [-0.4, -0.2) is 42.5 Å². The first-order valence-electron chi connectivity index (χ1n) is 7.89. The van der Waals surface area contributed by atoms with Gasteiger partial charge >= 0.3 is 6.03 Å². The van der Waals surface area contributed by atoms with E-state index in [0.717, 1.165) is 32.1 Å². The van der Waals surface area contributed by atoms with Gasteiger partial charge < -0.3 is 20.5 Å². The number of ether oxygens (including phenoxy) is 1. The molecule has 2 amide bonds. The maximum Gasteiger partial charge on any atom is 0.315 e. The van der Waals surface area contributed by atoms with Crippen LogP contribution in [0.2, 0.25) is 0 Å². The molecule has 0 aromatic carbocycles. The van der Waals surface area contributed by atoms with Crippen molar-refractivity contribution >= 4 is 6.03 Å². The maximum absolute atomic E-state index is 11.9. The monoisotopic (exact) mass is 284 g/mol. The fourth-order valence-corrected chi connectivity index (χ4v) is 3.40. The predicted molar refractivity (Wildman–Crippen MR) is 77.5 cm³/mol. The number of carbonyl (C=O) groups is 1. The van der Waals surface area contributed by atoms with Crippen molar-refractivity contribution in [3.05, 3.63) is 0 Å². The summed E-state index contributed by atoms with van der Waals surface area (Å²) in [5.74, 6) is 0.928. The molecule has 0 radical (unpaired) electrons. The number of hydrogen-bond donors (Lipinski definition) is 3. The number of rotatable bonds is 7. The first kappa shape index (κ1) is 15.6. The number of amides is 2. The SMILES string of the molecule is CC(C)CC(CCO)CNC(=O)NC1CC2CCC1O2. The van der Waals surface area contributed by atoms with Gasteiger partial charge in [0.15, 0.2) is 0 Å². The van der Waals surface area contributed by atoms with Gasteiger partial charge in [0, 0.05) is 13.2 Å². The van der Waals surface area contributed by atoms with Crippen LogP contribution < -0.4 is 10.6 Å². The van der Waals surface area contributed by atoms with E-state index >= 15 is 0 Å². The molecule has 0 aromatic heterocycles. The Bertz CT molecular complexity index is 322. The number of fused-ring (bicyclic) bond motifs is 2. The van der Waals surface area contributed by atoms with Crippen LogP contribution in [0.1, 0.15) is 46.0 Å². The number of aliphatic hydroxyl groups is 1. The zero-order valence-electron chi connectivity index (χ0n) is 12.6. The molecule has 2 heterocycles. The van der Waals surface area contributed by atoms with Gasteiger partial charge in [0.2, 0.25) is 0 Å². The molecular formula is C15H28N2O3. The van der Waals surface area contributed by atoms with Crippen LogP contribution in [0.5, 0.6) is 0 Å². The van der Waals surface area contributed by atoms with Crippen molar-refractivity contribution in [1.82, 2.24) is 10.6 Å². The van der Waals surface area contributed by atoms with Crippen molar-refractivity contribution in [2.75, 3.05) is 13.2 Å². The largest absolute Gasteiger partial charge is 0.396 e. The number of carbonyl (C=O) groups excluding carboxylic acids is 1. The van der Waals surface area contributed by atoms with Crippen molar-refractivity contribution < 1.29 is 14.6 Å². The highest BCUT2D eigenvalue weighted by atomic mass is 16.5. The molecule has 116 valence electrons. The second-order valence-electron chi connectivity index (χ2n) is 6.58. The van der Waals surface area contributed by atoms with Gasteiger partial charge in [0.05, 0.1) is 18.2 Å². The van der Waals surface area contributed by atoms with E-state index in [4.69, 9.17) is 9.84 Å². The molecule has 0 spiro atoms. The Kier molecular flexibility index (Phi) is 5.66. The molecule has 2 rings (SSSR count). The molecule has 2 bridgehead atoms. The number of aliphatic hydroxyl groups excluding tert-OH is 1. The lowest BCUT2D eigenvalue weighted by Gasteiger charge is -2.22. The van der Waals surface area contributed by atoms with Crippen LogP contribution in [0.25, 0.3) is 0 Å². The Morgan fingerprint density at radius 2 is 2.20 bits per heavy atom. The summed E-state index contributed by atoms with van der Waals surface area (Å²) in [6.45, 7) is 5.14. The van der Waals surface area contributed by atoms with Crippen LogP contribution in [0.15, 0.2) is 0 Å². The molecule has 5 heteroatoms. The van der Waals surface area contributed by atoms with Crippen molar-refractivity contribution in [1.29, 1.82) is 0 Å². The van der Waals surface area contributed by atoms with Crippen molar-refractivity contribution in [2.45, 2.75) is 64.2 Å². The molecule has 0 aromatic rings. The van der Waals surface area contributed by atoms with E-state index in [1.807, 2.05) is 0 Å². The topological polar surface area (TPSA) is 70.6 Å². The highest BCUT2D eigenvalue weighted by molar-refractivity contribution is 5.74. The minimum absolute atomic E-state index is 0.0992. The lowest BCUT2D eigenvalue weighted by atomic mass is 9.94. The summed E-state index contributed by atoms with van der Waals surface area (Å²) in [7, 11) is 0. The van der Waals surface area contributed by atoms with Gasteiger partial charge in [-0.15, -0.1) is 0 Å². The Morgan fingerprint density at radius 1 is 1.40 bits per heavy atom. The third kappa shape index (κ3) is 4.35. The average Bonchev–Trinajstić information content (AvgIpc) is 2.98. The molecule has 20 heavy (non-hydrogen) atoms. The smallest absolute Gasteiger partial charge is 0.315 e. The number of urea groups is 1. The molecule has 2 fully saturated rings. The highest BCUT2D eigenvalue weighted by Gasteiger charge is 2.41. The zero-order chi connectivity index (χ0) is 14.5. The molecule has 0 aliphatic carbocycles. The van der Waals surface area contributed by atoms with Gasteiger partial charge in [0.25, 0.3) is 0 Å².